The van der Waals surface area contributed by atoms with Gasteiger partial charge in [-0.2, -0.15) is 0 Å². The third-order valence-electron chi connectivity index (χ3n) is 7.01. The van der Waals surface area contributed by atoms with E-state index in [1.165, 1.54) is 0 Å². The van der Waals surface area contributed by atoms with Gasteiger partial charge in [-0.1, -0.05) is 35.9 Å². The third-order valence-corrected chi connectivity index (χ3v) is 7.42. The number of hydrogen-bond acceptors (Lipinski definition) is 5. The Bertz CT molecular complexity index is 1560. The van der Waals surface area contributed by atoms with E-state index >= 15 is 0 Å². The maximum absolute atomic E-state index is 13.1. The summed E-state index contributed by atoms with van der Waals surface area (Å²) < 4.78 is 12.8. The minimum atomic E-state index is -1.11. The Kier molecular flexibility index (Phi) is 5.02. The molecule has 0 saturated carbocycles. The molecule has 0 saturated heterocycles. The summed E-state index contributed by atoms with van der Waals surface area (Å²) in [7, 11) is 3.97. The van der Waals surface area contributed by atoms with Crippen molar-refractivity contribution >= 4 is 34.6 Å². The van der Waals surface area contributed by atoms with Gasteiger partial charge in [0.25, 0.3) is 0 Å². The van der Waals surface area contributed by atoms with Crippen molar-refractivity contribution in [1.82, 2.24) is 0 Å². The maximum Gasteiger partial charge on any atom is 0.340 e. The number of fused-ring (bicyclic) bond motifs is 6. The minimum absolute atomic E-state index is 0.346. The number of ether oxygens (including phenoxy) is 2. The lowest BCUT2D eigenvalue weighted by Gasteiger charge is -2.37. The lowest BCUT2D eigenvalue weighted by Crippen LogP contribution is -2.33. The molecule has 1 N–H and O–H groups in total. The molecular weight excluding hydrogens is 472 g/mol. The van der Waals surface area contributed by atoms with Crippen LogP contribution < -0.4 is 15.0 Å². The topological polar surface area (TPSA) is 50.8 Å². The van der Waals surface area contributed by atoms with Gasteiger partial charge in [-0.15, -0.1) is 0 Å². The summed E-state index contributed by atoms with van der Waals surface area (Å²) in [4.78, 5) is 15.2. The van der Waals surface area contributed by atoms with E-state index in [0.29, 0.717) is 22.1 Å². The Labute approximate surface area is 215 Å². The predicted molar refractivity (Wildman–Crippen MR) is 143 cm³/mol. The zero-order chi connectivity index (χ0) is 25.2. The molecule has 2 aliphatic heterocycles. The van der Waals surface area contributed by atoms with E-state index in [4.69, 9.17) is 21.1 Å². The summed E-state index contributed by atoms with van der Waals surface area (Å²) >= 11 is 6.38. The maximum atomic E-state index is 13.1. The third kappa shape index (κ3) is 3.27. The molecule has 6 heteroatoms. The highest BCUT2D eigenvalue weighted by molar-refractivity contribution is 6.31. The molecule has 2 heterocycles. The summed E-state index contributed by atoms with van der Waals surface area (Å²) in [5.74, 6) is 0.984. The Morgan fingerprint density at radius 2 is 1.61 bits per heavy atom. The molecule has 0 bridgehead atoms. The Balaban J connectivity index is 1.58. The molecule has 36 heavy (non-hydrogen) atoms. The smallest absolute Gasteiger partial charge is 0.340 e. The van der Waals surface area contributed by atoms with Gasteiger partial charge in [0.2, 0.25) is 0 Å². The van der Waals surface area contributed by atoms with Crippen LogP contribution in [-0.2, 0) is 10.3 Å². The number of carbonyl (C=O) groups is 1. The fourth-order valence-electron chi connectivity index (χ4n) is 5.05. The summed E-state index contributed by atoms with van der Waals surface area (Å²) in [6.45, 7) is 4.00. The van der Waals surface area contributed by atoms with Crippen LogP contribution in [-0.4, -0.2) is 20.1 Å². The molecule has 0 aromatic heterocycles. The highest BCUT2D eigenvalue weighted by Crippen LogP contribution is 2.57. The SMILES string of the molecule is Cc1ccc(Nc2cc3c(cc2C)Oc2cc(N(C)C)ccc2C32OC(=O)c3ccccc32)cc1Cl. The molecule has 180 valence electrons. The van der Waals surface area contributed by atoms with E-state index in [-0.39, 0.29) is 5.97 Å². The van der Waals surface area contributed by atoms with E-state index in [2.05, 4.69) is 5.32 Å². The number of halogens is 1. The van der Waals surface area contributed by atoms with E-state index in [1.807, 2.05) is 106 Å². The molecular formula is C30H25ClN2O3. The second kappa shape index (κ2) is 8.04. The van der Waals surface area contributed by atoms with Crippen molar-refractivity contribution in [2.75, 3.05) is 24.3 Å². The monoisotopic (exact) mass is 496 g/mol. The second-order valence-corrected chi connectivity index (χ2v) is 9.95. The highest BCUT2D eigenvalue weighted by atomic mass is 35.5. The van der Waals surface area contributed by atoms with Crippen LogP contribution >= 0.6 is 11.6 Å². The Hall–Kier alpha value is -3.96. The number of nitrogens with one attached hydrogen (secondary N) is 1. The largest absolute Gasteiger partial charge is 0.456 e. The summed E-state index contributed by atoms with van der Waals surface area (Å²) in [6, 6.07) is 23.5. The second-order valence-electron chi connectivity index (χ2n) is 9.55. The van der Waals surface area contributed by atoms with Gasteiger partial charge in [-0.3, -0.25) is 0 Å². The number of rotatable bonds is 3. The number of aryl methyl sites for hydroxylation is 2. The number of benzene rings is 4. The van der Waals surface area contributed by atoms with Crippen LogP contribution in [0.4, 0.5) is 17.1 Å². The molecule has 0 aliphatic carbocycles. The number of anilines is 3. The lowest BCUT2D eigenvalue weighted by atomic mass is 9.77. The molecule has 6 rings (SSSR count). The van der Waals surface area contributed by atoms with Crippen molar-refractivity contribution in [3.05, 3.63) is 111 Å². The van der Waals surface area contributed by atoms with Crippen LogP contribution in [0.15, 0.2) is 72.8 Å². The van der Waals surface area contributed by atoms with E-state index in [1.54, 1.807) is 0 Å². The van der Waals surface area contributed by atoms with Gasteiger partial charge >= 0.3 is 5.97 Å². The van der Waals surface area contributed by atoms with Crippen molar-refractivity contribution in [1.29, 1.82) is 0 Å². The van der Waals surface area contributed by atoms with E-state index in [0.717, 1.165) is 44.9 Å². The highest BCUT2D eigenvalue weighted by Gasteiger charge is 2.53. The van der Waals surface area contributed by atoms with Gasteiger partial charge in [0.05, 0.1) is 5.56 Å². The van der Waals surface area contributed by atoms with Gasteiger partial charge in [0.15, 0.2) is 5.60 Å². The fraction of sp³-hybridized carbons (Fsp3) is 0.167. The average molecular weight is 497 g/mol. The van der Waals surface area contributed by atoms with E-state index < -0.39 is 5.60 Å². The van der Waals surface area contributed by atoms with Gasteiger partial charge in [0, 0.05) is 58.9 Å². The van der Waals surface area contributed by atoms with Crippen molar-refractivity contribution in [2.45, 2.75) is 19.4 Å². The average Bonchev–Trinajstić information content (AvgIpc) is 3.15. The molecule has 4 aromatic rings. The van der Waals surface area contributed by atoms with Gasteiger partial charge < -0.3 is 19.7 Å². The van der Waals surface area contributed by atoms with Gasteiger partial charge in [-0.05, 0) is 67.4 Å². The molecule has 0 fully saturated rings. The number of carbonyl (C=O) groups excluding carboxylic acids is 1. The molecule has 4 aromatic carbocycles. The Morgan fingerprint density at radius 3 is 2.39 bits per heavy atom. The molecule has 1 unspecified atom stereocenters. The summed E-state index contributed by atoms with van der Waals surface area (Å²) in [6.07, 6.45) is 0. The summed E-state index contributed by atoms with van der Waals surface area (Å²) in [5.41, 5.74) is 6.59. The molecule has 0 radical (unpaired) electrons. The Morgan fingerprint density at radius 1 is 0.833 bits per heavy atom. The van der Waals surface area contributed by atoms with Crippen LogP contribution in [0.1, 0.15) is 38.2 Å². The number of nitrogens with zero attached hydrogens (tertiary/aromatic N) is 1. The predicted octanol–water partition coefficient (Wildman–Crippen LogP) is 7.33. The van der Waals surface area contributed by atoms with Crippen molar-refractivity contribution in [3.8, 4) is 11.5 Å². The van der Waals surface area contributed by atoms with Crippen LogP contribution in [0, 0.1) is 13.8 Å². The number of esters is 1. The van der Waals surface area contributed by atoms with Gasteiger partial charge in [-0.25, -0.2) is 4.79 Å². The molecule has 1 spiro atoms. The van der Waals surface area contributed by atoms with E-state index in [9.17, 15) is 4.79 Å². The van der Waals surface area contributed by atoms with Crippen LogP contribution in [0.2, 0.25) is 5.02 Å². The van der Waals surface area contributed by atoms with Crippen LogP contribution in [0.3, 0.4) is 0 Å². The molecule has 5 nitrogen and oxygen atoms in total. The summed E-state index contributed by atoms with van der Waals surface area (Å²) in [5, 5.41) is 4.19. The normalized spacial score (nSPS) is 17.1. The fourth-order valence-corrected chi connectivity index (χ4v) is 5.23. The van der Waals surface area contributed by atoms with Crippen LogP contribution in [0.5, 0.6) is 11.5 Å². The standard InChI is InChI=1S/C30H25ClN2O3/c1-17-9-10-19(14-25(17)31)32-26-16-24-27(13-18(26)2)35-28-15-20(33(3)4)11-12-23(28)30(24)22-8-6-5-7-21(22)29(34)36-30/h5-16,32H,1-4H3. The molecule has 1 atom stereocenters. The first-order valence-electron chi connectivity index (χ1n) is 11.8. The zero-order valence-electron chi connectivity index (χ0n) is 20.5. The molecule has 0 amide bonds. The first-order chi connectivity index (χ1) is 17.3. The zero-order valence-corrected chi connectivity index (χ0v) is 21.2. The van der Waals surface area contributed by atoms with Crippen LogP contribution in [0.25, 0.3) is 0 Å². The lowest BCUT2D eigenvalue weighted by molar-refractivity contribution is 0.0224. The first kappa shape index (κ1) is 22.5. The quantitative estimate of drug-likeness (QED) is 0.301. The first-order valence-corrected chi connectivity index (χ1v) is 12.2. The van der Waals surface area contributed by atoms with Gasteiger partial charge in [0.1, 0.15) is 11.5 Å². The minimum Gasteiger partial charge on any atom is -0.456 e. The number of hydrogen-bond donors (Lipinski definition) is 1. The van der Waals surface area contributed by atoms with Crippen molar-refractivity contribution in [3.63, 3.8) is 0 Å². The molecule has 2 aliphatic rings. The van der Waals surface area contributed by atoms with Crippen molar-refractivity contribution < 1.29 is 14.3 Å². The van der Waals surface area contributed by atoms with Crippen molar-refractivity contribution in [2.24, 2.45) is 0 Å².